The Morgan fingerprint density at radius 1 is 1.06 bits per heavy atom. The van der Waals surface area contributed by atoms with E-state index in [0.29, 0.717) is 13.0 Å². The molecule has 0 aromatic heterocycles. The second-order valence-corrected chi connectivity index (χ2v) is 10.3. The maximum absolute atomic E-state index is 13.4. The molecule has 2 aromatic carbocycles. The lowest BCUT2D eigenvalue weighted by Gasteiger charge is -2.36. The Bertz CT molecular complexity index is 1100. The molecule has 1 heterocycles. The van der Waals surface area contributed by atoms with Crippen molar-refractivity contribution in [3.05, 3.63) is 77.1 Å². The molecule has 7 heteroatoms. The van der Waals surface area contributed by atoms with E-state index in [1.165, 1.54) is 34.9 Å². The standard InChI is InChI=1S/C25H29FN2O3S/c26-21-10-12-22(13-11-21)32(30,31)28-17-15-20-8-4-5-9-23(20)24(28)18-25(29)27-16-14-19-6-2-1-3-7-19/h4-6,8-13,24H,1-3,7,14-18H2,(H,27,29)/t24-/m1/s1. The van der Waals surface area contributed by atoms with Crippen LogP contribution in [0.4, 0.5) is 4.39 Å². The highest BCUT2D eigenvalue weighted by molar-refractivity contribution is 7.89. The van der Waals surface area contributed by atoms with Crippen molar-refractivity contribution < 1.29 is 17.6 Å². The summed E-state index contributed by atoms with van der Waals surface area (Å²) < 4.78 is 41.5. The number of nitrogens with one attached hydrogen (secondary N) is 1. The molecule has 0 unspecified atom stereocenters. The molecule has 2 aromatic rings. The monoisotopic (exact) mass is 456 g/mol. The molecular weight excluding hydrogens is 427 g/mol. The van der Waals surface area contributed by atoms with Gasteiger partial charge in [-0.1, -0.05) is 35.9 Å². The molecule has 1 amide bonds. The van der Waals surface area contributed by atoms with Crippen LogP contribution in [0.2, 0.25) is 0 Å². The molecular formula is C25H29FN2O3S. The van der Waals surface area contributed by atoms with Crippen molar-refractivity contribution in [2.45, 2.75) is 55.9 Å². The maximum atomic E-state index is 13.4. The fourth-order valence-electron chi connectivity index (χ4n) is 4.61. The first-order chi connectivity index (χ1) is 15.4. The van der Waals surface area contributed by atoms with Crippen molar-refractivity contribution in [2.24, 2.45) is 0 Å². The number of rotatable bonds is 7. The van der Waals surface area contributed by atoms with Crippen molar-refractivity contribution in [3.8, 4) is 0 Å². The van der Waals surface area contributed by atoms with Gasteiger partial charge in [0.1, 0.15) is 5.82 Å². The van der Waals surface area contributed by atoms with E-state index in [0.717, 1.165) is 42.5 Å². The first-order valence-corrected chi connectivity index (χ1v) is 12.7. The number of benzene rings is 2. The van der Waals surface area contributed by atoms with Crippen LogP contribution in [0.3, 0.4) is 0 Å². The molecule has 1 aliphatic carbocycles. The van der Waals surface area contributed by atoms with Gasteiger partial charge in [-0.25, -0.2) is 12.8 Å². The summed E-state index contributed by atoms with van der Waals surface area (Å²) in [6.07, 6.45) is 8.37. The van der Waals surface area contributed by atoms with E-state index >= 15 is 0 Å². The highest BCUT2D eigenvalue weighted by Gasteiger charge is 2.37. The highest BCUT2D eigenvalue weighted by atomic mass is 32.2. The molecule has 0 spiro atoms. The molecule has 0 radical (unpaired) electrons. The fourth-order valence-corrected chi connectivity index (χ4v) is 6.22. The number of hydrogen-bond donors (Lipinski definition) is 1. The number of allylic oxidation sites excluding steroid dienone is 1. The van der Waals surface area contributed by atoms with Gasteiger partial charge in [0.25, 0.3) is 0 Å². The third kappa shape index (κ3) is 5.10. The lowest BCUT2D eigenvalue weighted by atomic mass is 9.92. The van der Waals surface area contributed by atoms with E-state index in [1.54, 1.807) is 0 Å². The van der Waals surface area contributed by atoms with Crippen LogP contribution in [-0.4, -0.2) is 31.7 Å². The molecule has 0 fully saturated rings. The molecule has 0 saturated carbocycles. The number of fused-ring (bicyclic) bond motifs is 1. The van der Waals surface area contributed by atoms with Gasteiger partial charge >= 0.3 is 0 Å². The molecule has 170 valence electrons. The molecule has 32 heavy (non-hydrogen) atoms. The molecule has 4 rings (SSSR count). The Hall–Kier alpha value is -2.51. The maximum Gasteiger partial charge on any atom is 0.243 e. The topological polar surface area (TPSA) is 66.5 Å². The predicted molar refractivity (Wildman–Crippen MR) is 122 cm³/mol. The van der Waals surface area contributed by atoms with Gasteiger partial charge in [0.15, 0.2) is 0 Å². The van der Waals surface area contributed by atoms with Crippen LogP contribution < -0.4 is 5.32 Å². The largest absolute Gasteiger partial charge is 0.356 e. The Morgan fingerprint density at radius 2 is 1.84 bits per heavy atom. The molecule has 1 atom stereocenters. The fraction of sp³-hybridized carbons (Fsp3) is 0.400. The van der Waals surface area contributed by atoms with Crippen molar-refractivity contribution in [2.75, 3.05) is 13.1 Å². The first kappa shape index (κ1) is 22.7. The van der Waals surface area contributed by atoms with E-state index < -0.39 is 21.9 Å². The quantitative estimate of drug-likeness (QED) is 0.624. The third-order valence-corrected chi connectivity index (χ3v) is 8.24. The molecule has 0 saturated heterocycles. The van der Waals surface area contributed by atoms with Crippen molar-refractivity contribution in [1.82, 2.24) is 9.62 Å². The van der Waals surface area contributed by atoms with Crippen LogP contribution in [0.5, 0.6) is 0 Å². The summed E-state index contributed by atoms with van der Waals surface area (Å²) in [6, 6.07) is 11.9. The Balaban J connectivity index is 1.52. The molecule has 2 aliphatic rings. The molecule has 0 bridgehead atoms. The highest BCUT2D eigenvalue weighted by Crippen LogP contribution is 2.36. The summed E-state index contributed by atoms with van der Waals surface area (Å²) in [7, 11) is -3.88. The zero-order valence-electron chi connectivity index (χ0n) is 18.1. The lowest BCUT2D eigenvalue weighted by molar-refractivity contribution is -0.122. The minimum Gasteiger partial charge on any atom is -0.356 e. The summed E-state index contributed by atoms with van der Waals surface area (Å²) in [5.41, 5.74) is 3.30. The van der Waals surface area contributed by atoms with Crippen LogP contribution in [0.1, 0.15) is 55.7 Å². The molecule has 1 aliphatic heterocycles. The normalized spacial score (nSPS) is 19.2. The van der Waals surface area contributed by atoms with Crippen LogP contribution >= 0.6 is 0 Å². The van der Waals surface area contributed by atoms with Crippen molar-refractivity contribution in [3.63, 3.8) is 0 Å². The summed E-state index contributed by atoms with van der Waals surface area (Å²) in [5.74, 6) is -0.653. The number of halogens is 1. The van der Waals surface area contributed by atoms with E-state index in [1.807, 2.05) is 24.3 Å². The summed E-state index contributed by atoms with van der Waals surface area (Å²) in [6.45, 7) is 0.839. The second-order valence-electron chi connectivity index (χ2n) is 8.45. The van der Waals surface area contributed by atoms with Gasteiger partial charge in [-0.3, -0.25) is 4.79 Å². The lowest BCUT2D eigenvalue weighted by Crippen LogP contribution is -2.42. The van der Waals surface area contributed by atoms with Gasteiger partial charge in [-0.15, -0.1) is 0 Å². The number of carbonyl (C=O) groups is 1. The van der Waals surface area contributed by atoms with Gasteiger partial charge in [0.2, 0.25) is 15.9 Å². The number of nitrogens with zero attached hydrogens (tertiary/aromatic N) is 1. The summed E-state index contributed by atoms with van der Waals surface area (Å²) >= 11 is 0. The SMILES string of the molecule is O=C(C[C@@H]1c2ccccc2CCN1S(=O)(=O)c1ccc(F)cc1)NCCC1=CCCCC1. The molecule has 1 N–H and O–H groups in total. The number of amides is 1. The Kier molecular flexibility index (Phi) is 7.06. The van der Waals surface area contributed by atoms with Crippen molar-refractivity contribution in [1.29, 1.82) is 0 Å². The van der Waals surface area contributed by atoms with Gasteiger partial charge in [0.05, 0.1) is 10.9 Å². The van der Waals surface area contributed by atoms with E-state index in [9.17, 15) is 17.6 Å². The average molecular weight is 457 g/mol. The minimum atomic E-state index is -3.88. The van der Waals surface area contributed by atoms with Gasteiger partial charge in [0, 0.05) is 19.5 Å². The summed E-state index contributed by atoms with van der Waals surface area (Å²) in [5, 5.41) is 2.98. The van der Waals surface area contributed by atoms with Gasteiger partial charge < -0.3 is 5.32 Å². The Morgan fingerprint density at radius 3 is 2.59 bits per heavy atom. The van der Waals surface area contributed by atoms with Crippen LogP contribution in [0.25, 0.3) is 0 Å². The van der Waals surface area contributed by atoms with E-state index in [-0.39, 0.29) is 23.8 Å². The average Bonchev–Trinajstić information content (AvgIpc) is 2.80. The van der Waals surface area contributed by atoms with Crippen LogP contribution in [0.15, 0.2) is 65.1 Å². The zero-order valence-corrected chi connectivity index (χ0v) is 18.9. The Labute approximate surface area is 189 Å². The number of carbonyl (C=O) groups excluding carboxylic acids is 1. The third-order valence-electron chi connectivity index (χ3n) is 6.32. The smallest absolute Gasteiger partial charge is 0.243 e. The number of hydrogen-bond acceptors (Lipinski definition) is 3. The van der Waals surface area contributed by atoms with Gasteiger partial charge in [-0.05, 0) is 73.9 Å². The van der Waals surface area contributed by atoms with Crippen LogP contribution in [-0.2, 0) is 21.2 Å². The van der Waals surface area contributed by atoms with E-state index in [2.05, 4.69) is 11.4 Å². The van der Waals surface area contributed by atoms with Crippen molar-refractivity contribution >= 4 is 15.9 Å². The number of sulfonamides is 1. The summed E-state index contributed by atoms with van der Waals surface area (Å²) in [4.78, 5) is 12.8. The minimum absolute atomic E-state index is 0.0351. The van der Waals surface area contributed by atoms with Gasteiger partial charge in [-0.2, -0.15) is 4.31 Å². The predicted octanol–water partition coefficient (Wildman–Crippen LogP) is 4.51. The molecule has 5 nitrogen and oxygen atoms in total. The second kappa shape index (κ2) is 9.96. The van der Waals surface area contributed by atoms with Crippen LogP contribution in [0, 0.1) is 5.82 Å². The zero-order chi connectivity index (χ0) is 22.6. The van der Waals surface area contributed by atoms with E-state index in [4.69, 9.17) is 0 Å². The first-order valence-electron chi connectivity index (χ1n) is 11.2.